The lowest BCUT2D eigenvalue weighted by Gasteiger charge is -2.23. The molecule has 0 aliphatic rings. The van der Waals surface area contributed by atoms with Gasteiger partial charge in [0.15, 0.2) is 0 Å². The molecule has 0 aliphatic heterocycles. The third kappa shape index (κ3) is 3.49. The van der Waals surface area contributed by atoms with Crippen molar-refractivity contribution in [3.05, 3.63) is 77.9 Å². The van der Waals surface area contributed by atoms with E-state index in [1.807, 2.05) is 0 Å². The lowest BCUT2D eigenvalue weighted by molar-refractivity contribution is 0.820. The Morgan fingerprint density at radius 1 is 0.273 bits per heavy atom. The summed E-state index contributed by atoms with van der Waals surface area (Å²) in [6, 6.07) is 0. The molecule has 2 nitrogen and oxygen atoms in total. The standard InChI is InChI=1S/C42H52N2/c1-17-43-39-29(13)21(5)19(3)23(7)35(39)37-27(11)25(9)33(31(15)41(37)43)34-26(10)28(12)38-36-24(8)20(4)22(6)30(14)40(36)44(18-2)42(38)32(34)16/h17-18H2,1-16H3. The van der Waals surface area contributed by atoms with Gasteiger partial charge in [-0.15, -0.1) is 0 Å². The fraction of sp³-hybridized carbons (Fsp3) is 0.429. The highest BCUT2D eigenvalue weighted by Crippen LogP contribution is 2.49. The summed E-state index contributed by atoms with van der Waals surface area (Å²) in [7, 11) is 0. The van der Waals surface area contributed by atoms with Crippen LogP contribution in [0.25, 0.3) is 54.7 Å². The Morgan fingerprint density at radius 2 is 0.500 bits per heavy atom. The number of hydrogen-bond acceptors (Lipinski definition) is 0. The van der Waals surface area contributed by atoms with Gasteiger partial charge in [-0.1, -0.05) is 0 Å². The van der Waals surface area contributed by atoms with Gasteiger partial charge < -0.3 is 9.13 Å². The summed E-state index contributed by atoms with van der Waals surface area (Å²) < 4.78 is 5.25. The maximum Gasteiger partial charge on any atom is 0.0530 e. The number of benzene rings is 4. The molecule has 230 valence electrons. The van der Waals surface area contributed by atoms with E-state index in [0.717, 1.165) is 13.1 Å². The molecule has 2 heterocycles. The van der Waals surface area contributed by atoms with Crippen LogP contribution >= 0.6 is 0 Å². The molecule has 6 aromatic rings. The van der Waals surface area contributed by atoms with E-state index in [1.165, 1.54) is 133 Å². The van der Waals surface area contributed by atoms with Crippen LogP contribution in [0.5, 0.6) is 0 Å². The highest BCUT2D eigenvalue weighted by atomic mass is 15.0. The fourth-order valence-electron chi connectivity index (χ4n) is 9.04. The fourth-order valence-corrected chi connectivity index (χ4v) is 9.04. The Bertz CT molecular complexity index is 2100. The molecule has 6 rings (SSSR count). The zero-order valence-electron chi connectivity index (χ0n) is 30.3. The van der Waals surface area contributed by atoms with Crippen molar-refractivity contribution in [3.63, 3.8) is 0 Å². The summed E-state index contributed by atoms with van der Waals surface area (Å²) in [6.07, 6.45) is 0. The van der Waals surface area contributed by atoms with Gasteiger partial charge in [-0.25, -0.2) is 0 Å². The highest BCUT2D eigenvalue weighted by molar-refractivity contribution is 6.18. The average Bonchev–Trinajstić information content (AvgIpc) is 3.54. The van der Waals surface area contributed by atoms with Crippen molar-refractivity contribution in [2.24, 2.45) is 0 Å². The Balaban J connectivity index is 1.88. The first-order chi connectivity index (χ1) is 20.6. The average molecular weight is 585 g/mol. The van der Waals surface area contributed by atoms with Crippen molar-refractivity contribution in [3.8, 4) is 11.1 Å². The summed E-state index contributed by atoms with van der Waals surface area (Å²) in [6.45, 7) is 39.4. The predicted octanol–water partition coefficient (Wildman–Crippen LogP) is 11.9. The summed E-state index contributed by atoms with van der Waals surface area (Å²) in [4.78, 5) is 0. The van der Waals surface area contributed by atoms with E-state index in [-0.39, 0.29) is 0 Å². The van der Waals surface area contributed by atoms with Crippen molar-refractivity contribution >= 4 is 43.6 Å². The zero-order chi connectivity index (χ0) is 32.4. The molecule has 0 saturated carbocycles. The number of fused-ring (bicyclic) bond motifs is 6. The summed E-state index contributed by atoms with van der Waals surface area (Å²) in [5.41, 5.74) is 28.5. The lowest BCUT2D eigenvalue weighted by Crippen LogP contribution is -2.04. The summed E-state index contributed by atoms with van der Waals surface area (Å²) >= 11 is 0. The van der Waals surface area contributed by atoms with Crippen LogP contribution in [0, 0.1) is 96.9 Å². The molecule has 0 N–H and O–H groups in total. The molecule has 0 fully saturated rings. The molecule has 2 aromatic heterocycles. The van der Waals surface area contributed by atoms with Gasteiger partial charge in [0.25, 0.3) is 0 Å². The number of aromatic nitrogens is 2. The van der Waals surface area contributed by atoms with Gasteiger partial charge >= 0.3 is 0 Å². The highest BCUT2D eigenvalue weighted by Gasteiger charge is 2.28. The van der Waals surface area contributed by atoms with Crippen LogP contribution in [-0.4, -0.2) is 9.13 Å². The van der Waals surface area contributed by atoms with Gasteiger partial charge in [-0.3, -0.25) is 0 Å². The summed E-state index contributed by atoms with van der Waals surface area (Å²) in [5.74, 6) is 0. The predicted molar refractivity (Wildman–Crippen MR) is 196 cm³/mol. The Kier molecular flexibility index (Phi) is 6.93. The first-order valence-corrected chi connectivity index (χ1v) is 16.7. The number of aryl methyl sites for hydroxylation is 10. The molecular formula is C42H52N2. The van der Waals surface area contributed by atoms with E-state index < -0.39 is 0 Å². The first kappa shape index (κ1) is 30.5. The zero-order valence-corrected chi connectivity index (χ0v) is 30.3. The van der Waals surface area contributed by atoms with E-state index in [1.54, 1.807) is 0 Å². The molecule has 44 heavy (non-hydrogen) atoms. The van der Waals surface area contributed by atoms with E-state index in [2.05, 4.69) is 120 Å². The summed E-state index contributed by atoms with van der Waals surface area (Å²) in [5, 5.41) is 5.83. The van der Waals surface area contributed by atoms with Crippen LogP contribution in [0.1, 0.15) is 91.7 Å². The molecule has 0 aliphatic carbocycles. The van der Waals surface area contributed by atoms with Gasteiger partial charge in [0, 0.05) is 34.6 Å². The van der Waals surface area contributed by atoms with Crippen LogP contribution in [-0.2, 0) is 13.1 Å². The van der Waals surface area contributed by atoms with Crippen molar-refractivity contribution in [1.82, 2.24) is 9.13 Å². The monoisotopic (exact) mass is 584 g/mol. The van der Waals surface area contributed by atoms with Crippen LogP contribution < -0.4 is 0 Å². The van der Waals surface area contributed by atoms with Crippen molar-refractivity contribution < 1.29 is 0 Å². The molecule has 0 bridgehead atoms. The quantitative estimate of drug-likeness (QED) is 0.196. The van der Waals surface area contributed by atoms with Crippen molar-refractivity contribution in [2.75, 3.05) is 0 Å². The van der Waals surface area contributed by atoms with Gasteiger partial charge in [-0.05, 0) is 200 Å². The van der Waals surface area contributed by atoms with Gasteiger partial charge in [0.05, 0.1) is 22.1 Å². The second kappa shape index (κ2) is 9.99. The van der Waals surface area contributed by atoms with Crippen molar-refractivity contribution in [2.45, 2.75) is 124 Å². The minimum Gasteiger partial charge on any atom is -0.340 e. The first-order valence-electron chi connectivity index (χ1n) is 16.7. The molecule has 4 aromatic carbocycles. The number of nitrogens with zero attached hydrogens (tertiary/aromatic N) is 2. The maximum absolute atomic E-state index is 2.63. The molecule has 0 spiro atoms. The SMILES string of the molecule is CCn1c2c(C)c(C)c(C)c(C)c2c2c(C)c(C)c(-c3c(C)c(C)c4c5c(C)c(C)c(C)c(C)c5n(CC)c4c3C)c(C)c21. The van der Waals surface area contributed by atoms with Gasteiger partial charge in [0.2, 0.25) is 0 Å². The molecule has 0 radical (unpaired) electrons. The smallest absolute Gasteiger partial charge is 0.0530 e. The van der Waals surface area contributed by atoms with Gasteiger partial charge in [0.1, 0.15) is 0 Å². The van der Waals surface area contributed by atoms with Crippen LogP contribution in [0.3, 0.4) is 0 Å². The topological polar surface area (TPSA) is 9.86 Å². The maximum atomic E-state index is 2.63. The van der Waals surface area contributed by atoms with E-state index in [0.29, 0.717) is 0 Å². The third-order valence-electron chi connectivity index (χ3n) is 12.3. The molecule has 0 atom stereocenters. The normalized spacial score (nSPS) is 12.3. The van der Waals surface area contributed by atoms with Crippen LogP contribution in [0.15, 0.2) is 0 Å². The number of hydrogen-bond donors (Lipinski definition) is 0. The largest absolute Gasteiger partial charge is 0.340 e. The van der Waals surface area contributed by atoms with Crippen LogP contribution in [0.4, 0.5) is 0 Å². The number of rotatable bonds is 3. The lowest BCUT2D eigenvalue weighted by atomic mass is 9.82. The molecule has 0 unspecified atom stereocenters. The van der Waals surface area contributed by atoms with E-state index in [9.17, 15) is 0 Å². The Labute approximate surface area is 265 Å². The third-order valence-corrected chi connectivity index (χ3v) is 12.3. The Hall–Kier alpha value is -3.52. The minimum atomic E-state index is 0.961. The van der Waals surface area contributed by atoms with E-state index in [4.69, 9.17) is 0 Å². The second-order valence-corrected chi connectivity index (χ2v) is 13.9. The Morgan fingerprint density at radius 3 is 0.773 bits per heavy atom. The molecular weight excluding hydrogens is 532 g/mol. The molecule has 0 saturated heterocycles. The van der Waals surface area contributed by atoms with E-state index >= 15 is 0 Å². The minimum absolute atomic E-state index is 0.961. The molecule has 2 heteroatoms. The second-order valence-electron chi connectivity index (χ2n) is 13.9. The van der Waals surface area contributed by atoms with Crippen molar-refractivity contribution in [1.29, 1.82) is 0 Å². The molecule has 0 amide bonds. The van der Waals surface area contributed by atoms with Gasteiger partial charge in [-0.2, -0.15) is 0 Å². The van der Waals surface area contributed by atoms with Crippen LogP contribution in [0.2, 0.25) is 0 Å².